The van der Waals surface area contributed by atoms with E-state index in [0.717, 1.165) is 44.1 Å². The molecule has 0 saturated heterocycles. The molecule has 0 saturated carbocycles. The summed E-state index contributed by atoms with van der Waals surface area (Å²) in [5, 5.41) is 20.0. The number of pyridine rings is 1. The normalized spacial score (nSPS) is 12.1. The molecule has 0 bridgehead atoms. The van der Waals surface area contributed by atoms with Gasteiger partial charge in [0.1, 0.15) is 0 Å². The van der Waals surface area contributed by atoms with Gasteiger partial charge in [-0.1, -0.05) is 0 Å². The molecule has 1 radical (unpaired) electrons. The first-order valence-corrected chi connectivity index (χ1v) is 21.5. The molecule has 9 aromatic rings. The molecule has 285 valence electrons. The first-order chi connectivity index (χ1) is 29.7. The van der Waals surface area contributed by atoms with E-state index in [1.54, 1.807) is 12.1 Å². The van der Waals surface area contributed by atoms with Crippen LogP contribution >= 0.6 is 0 Å². The summed E-state index contributed by atoms with van der Waals surface area (Å²) in [4.78, 5) is 18.3. The van der Waals surface area contributed by atoms with Gasteiger partial charge in [0.05, 0.1) is 0 Å². The Morgan fingerprint density at radius 3 is 1.45 bits per heavy atom. The van der Waals surface area contributed by atoms with E-state index < -0.39 is 25.5 Å². The van der Waals surface area contributed by atoms with Gasteiger partial charge in [-0.3, -0.25) is 0 Å². The third-order valence-corrected chi connectivity index (χ3v) is 14.3. The maximum absolute atomic E-state index is 12.6. The Morgan fingerprint density at radius 2 is 1.02 bits per heavy atom. The number of aromatic nitrogens is 4. The molecule has 0 unspecified atom stereocenters. The molecule has 0 N–H and O–H groups in total. The molecule has 2 aromatic heterocycles. The Kier molecular flexibility index (Phi) is 10.7. The zero-order valence-corrected chi connectivity index (χ0v) is 34.3. The molecule has 60 heavy (non-hydrogen) atoms. The van der Waals surface area contributed by atoms with Crippen LogP contribution < -0.4 is 4.48 Å². The van der Waals surface area contributed by atoms with Gasteiger partial charge < -0.3 is 0 Å². The predicted octanol–water partition coefficient (Wildman–Crippen LogP) is 9.49. The minimum absolute atomic E-state index is 0.484. The average molecular weight is 835 g/mol. The first-order valence-electron chi connectivity index (χ1n) is 19.7. The number of hydrogen-bond donors (Lipinski definition) is 0. The molecule has 2 heterocycles. The molecule has 0 fully saturated rings. The van der Waals surface area contributed by atoms with Crippen molar-refractivity contribution in [2.24, 2.45) is 0 Å². The molecule has 6 nitrogen and oxygen atoms in total. The number of nitrogens with zero attached hydrogens (tertiary/aromatic N) is 5. The summed E-state index contributed by atoms with van der Waals surface area (Å²) in [6, 6.07) is 74.7. The summed E-state index contributed by atoms with van der Waals surface area (Å²) in [5.41, 5.74) is 8.99. The fourth-order valence-corrected chi connectivity index (χ4v) is 11.5. The van der Waals surface area contributed by atoms with Gasteiger partial charge in [0.2, 0.25) is 0 Å². The SMILES string of the molecule is N#Cc1cccc(C(=CC=O)c2cc([As]C(c3ccccc3)(c3ccccc3)c3ccccc3)nc3c2nnn3C(c2ccccc2)(c2ccccc2)c2ccccc2)c1. The van der Waals surface area contributed by atoms with Crippen molar-refractivity contribution in [2.75, 3.05) is 0 Å². The van der Waals surface area contributed by atoms with E-state index >= 15 is 0 Å². The summed E-state index contributed by atoms with van der Waals surface area (Å²) in [6.07, 6.45) is 2.35. The van der Waals surface area contributed by atoms with Gasteiger partial charge in [-0.2, -0.15) is 0 Å². The Labute approximate surface area is 355 Å². The molecule has 0 aliphatic rings. The second kappa shape index (κ2) is 16.8. The molecule has 7 heteroatoms. The second-order valence-corrected chi connectivity index (χ2v) is 17.2. The van der Waals surface area contributed by atoms with Gasteiger partial charge in [0, 0.05) is 0 Å². The van der Waals surface area contributed by atoms with Gasteiger partial charge in [-0.25, -0.2) is 0 Å². The summed E-state index contributed by atoms with van der Waals surface area (Å²) in [5.74, 6) is 0. The van der Waals surface area contributed by atoms with Gasteiger partial charge in [-0.15, -0.1) is 0 Å². The van der Waals surface area contributed by atoms with Crippen LogP contribution in [0.5, 0.6) is 0 Å². The van der Waals surface area contributed by atoms with E-state index in [-0.39, 0.29) is 0 Å². The number of carbonyl (C=O) groups is 1. The molecule has 0 aliphatic carbocycles. The van der Waals surface area contributed by atoms with Crippen LogP contribution in [-0.4, -0.2) is 42.0 Å². The van der Waals surface area contributed by atoms with Crippen molar-refractivity contribution in [3.05, 3.63) is 268 Å². The Morgan fingerprint density at radius 1 is 0.567 bits per heavy atom. The van der Waals surface area contributed by atoms with Crippen LogP contribution in [-0.2, 0) is 14.5 Å². The van der Waals surface area contributed by atoms with Crippen molar-refractivity contribution in [3.8, 4) is 6.07 Å². The number of benzene rings is 7. The standard InChI is InChI=1S/C53H37AsN5O/c55-38-39-20-19-21-40(36-39)47(34-35-60)48-37-49(54-52(41-22-7-1-8-23-41,42-24-9-2-10-25-42)43-26-11-3-12-27-43)56-51-50(48)57-58-59(51)53(44-28-13-4-14-29-44,45-30-15-5-16-31-45)46-32-17-6-18-33-46/h1-37H. The molecule has 7 aromatic carbocycles. The van der Waals surface area contributed by atoms with E-state index in [1.165, 1.54) is 0 Å². The number of allylic oxidation sites excluding steroid dienone is 1. The van der Waals surface area contributed by atoms with Crippen LogP contribution in [0.4, 0.5) is 0 Å². The molecule has 0 aliphatic heterocycles. The van der Waals surface area contributed by atoms with Crippen LogP contribution in [0.2, 0.25) is 0 Å². The van der Waals surface area contributed by atoms with Gasteiger partial charge in [-0.05, 0) is 0 Å². The molecule has 0 spiro atoms. The maximum atomic E-state index is 12.6. The first kappa shape index (κ1) is 38.1. The van der Waals surface area contributed by atoms with Gasteiger partial charge in [0.15, 0.2) is 0 Å². The van der Waals surface area contributed by atoms with Crippen LogP contribution in [0, 0.1) is 11.3 Å². The van der Waals surface area contributed by atoms with Crippen molar-refractivity contribution in [3.63, 3.8) is 0 Å². The number of rotatable bonds is 12. The van der Waals surface area contributed by atoms with Crippen LogP contribution in [0.25, 0.3) is 16.7 Å². The van der Waals surface area contributed by atoms with E-state index in [4.69, 9.17) is 15.3 Å². The summed E-state index contributed by atoms with van der Waals surface area (Å²) in [6.45, 7) is 0. The van der Waals surface area contributed by atoms with Crippen LogP contribution in [0.3, 0.4) is 0 Å². The Balaban J connectivity index is 1.42. The zero-order chi connectivity index (χ0) is 40.8. The van der Waals surface area contributed by atoms with Crippen molar-refractivity contribution in [2.45, 2.75) is 9.74 Å². The average Bonchev–Trinajstić information content (AvgIpc) is 3.76. The molecular weight excluding hydrogens is 798 g/mol. The van der Waals surface area contributed by atoms with E-state index in [9.17, 15) is 10.1 Å². The summed E-state index contributed by atoms with van der Waals surface area (Å²) >= 11 is -0.882. The quantitative estimate of drug-likeness (QED) is 0.0530. The zero-order valence-electron chi connectivity index (χ0n) is 32.5. The van der Waals surface area contributed by atoms with Gasteiger partial charge >= 0.3 is 358 Å². The van der Waals surface area contributed by atoms with Crippen LogP contribution in [0.1, 0.15) is 50.1 Å². The van der Waals surface area contributed by atoms with Crippen molar-refractivity contribution >= 4 is 43.3 Å². The minimum atomic E-state index is -1.01. The topological polar surface area (TPSA) is 84.5 Å². The summed E-state index contributed by atoms with van der Waals surface area (Å²) in [7, 11) is 0. The van der Waals surface area contributed by atoms with E-state index in [1.807, 2.05) is 77.5 Å². The number of aldehydes is 1. The fourth-order valence-electron chi connectivity index (χ4n) is 8.35. The summed E-state index contributed by atoms with van der Waals surface area (Å²) < 4.78 is 2.22. The number of hydrogen-bond acceptors (Lipinski definition) is 5. The van der Waals surface area contributed by atoms with Gasteiger partial charge in [0.25, 0.3) is 0 Å². The number of fused-ring (bicyclic) bond motifs is 1. The number of nitriles is 1. The molecular formula is C53H37AsN5O. The monoisotopic (exact) mass is 834 g/mol. The van der Waals surface area contributed by atoms with Crippen LogP contribution in [0.15, 0.2) is 218 Å². The van der Waals surface area contributed by atoms with E-state index in [0.29, 0.717) is 33.4 Å². The third-order valence-electron chi connectivity index (χ3n) is 11.0. The third kappa shape index (κ3) is 6.75. The van der Waals surface area contributed by atoms with Crippen molar-refractivity contribution < 1.29 is 4.79 Å². The number of carbonyl (C=O) groups excluding carboxylic acids is 1. The Bertz CT molecular complexity index is 2770. The fraction of sp³-hybridized carbons (Fsp3) is 0.0377. The second-order valence-electron chi connectivity index (χ2n) is 14.3. The predicted molar refractivity (Wildman–Crippen MR) is 239 cm³/mol. The molecule has 9 rings (SSSR count). The Hall–Kier alpha value is -7.45. The molecule has 0 atom stereocenters. The van der Waals surface area contributed by atoms with Crippen molar-refractivity contribution in [1.29, 1.82) is 5.26 Å². The van der Waals surface area contributed by atoms with Crippen molar-refractivity contribution in [1.82, 2.24) is 20.0 Å². The van der Waals surface area contributed by atoms with E-state index in [2.05, 4.69) is 140 Å². The molecule has 0 amide bonds.